The number of hydrogen-bond donors (Lipinski definition) is 1. The van der Waals surface area contributed by atoms with Crippen LogP contribution in [0.5, 0.6) is 5.75 Å². The Balaban J connectivity index is 2.10. The van der Waals surface area contributed by atoms with Crippen LogP contribution < -0.4 is 15.0 Å². The van der Waals surface area contributed by atoms with Gasteiger partial charge in [-0.3, -0.25) is 9.59 Å². The van der Waals surface area contributed by atoms with Gasteiger partial charge in [0.2, 0.25) is 11.8 Å². The van der Waals surface area contributed by atoms with Gasteiger partial charge in [0.05, 0.1) is 18.2 Å². The summed E-state index contributed by atoms with van der Waals surface area (Å²) in [6, 6.07) is 14.4. The molecule has 1 N–H and O–H groups in total. The van der Waals surface area contributed by atoms with E-state index in [1.54, 1.807) is 18.2 Å². The number of halogens is 1. The molecule has 5 nitrogen and oxygen atoms in total. The molecule has 0 saturated heterocycles. The summed E-state index contributed by atoms with van der Waals surface area (Å²) in [4.78, 5) is 25.7. The van der Waals surface area contributed by atoms with Crippen molar-refractivity contribution in [3.05, 3.63) is 59.1 Å². The Morgan fingerprint density at radius 3 is 2.44 bits per heavy atom. The maximum absolute atomic E-state index is 12.4. The highest BCUT2D eigenvalue weighted by molar-refractivity contribution is 6.32. The molecule has 6 heteroatoms. The van der Waals surface area contributed by atoms with E-state index in [0.717, 1.165) is 5.56 Å². The van der Waals surface area contributed by atoms with Crippen molar-refractivity contribution in [2.45, 2.75) is 19.9 Å². The first-order valence-electron chi connectivity index (χ1n) is 7.88. The Hall–Kier alpha value is -2.53. The number of ether oxygens (including phenoxy) is 1. The van der Waals surface area contributed by atoms with Crippen molar-refractivity contribution in [3.8, 4) is 5.75 Å². The fraction of sp³-hybridized carbons (Fsp3) is 0.263. The first kappa shape index (κ1) is 18.8. The molecule has 0 saturated carbocycles. The zero-order chi connectivity index (χ0) is 18.4. The van der Waals surface area contributed by atoms with Crippen LogP contribution in [0.15, 0.2) is 48.5 Å². The van der Waals surface area contributed by atoms with E-state index in [0.29, 0.717) is 16.5 Å². The average Bonchev–Trinajstić information content (AvgIpc) is 2.60. The summed E-state index contributed by atoms with van der Waals surface area (Å²) < 4.78 is 5.11. The number of anilines is 1. The number of nitrogens with one attached hydrogen (secondary N) is 1. The highest BCUT2D eigenvalue weighted by atomic mass is 35.5. The second-order valence-corrected chi connectivity index (χ2v) is 6.03. The molecule has 0 radical (unpaired) electrons. The van der Waals surface area contributed by atoms with E-state index in [2.05, 4.69) is 5.32 Å². The Bertz CT molecular complexity index is 750. The molecule has 2 amide bonds. The van der Waals surface area contributed by atoms with E-state index in [9.17, 15) is 9.59 Å². The van der Waals surface area contributed by atoms with Crippen LogP contribution in [0.2, 0.25) is 5.02 Å². The molecule has 1 unspecified atom stereocenters. The van der Waals surface area contributed by atoms with Crippen molar-refractivity contribution in [1.29, 1.82) is 0 Å². The predicted octanol–water partition coefficient (Wildman–Crippen LogP) is 3.58. The fourth-order valence-electron chi connectivity index (χ4n) is 2.46. The van der Waals surface area contributed by atoms with Crippen molar-refractivity contribution in [2.24, 2.45) is 0 Å². The van der Waals surface area contributed by atoms with Crippen molar-refractivity contribution in [1.82, 2.24) is 5.32 Å². The van der Waals surface area contributed by atoms with E-state index >= 15 is 0 Å². The molecular formula is C19H21ClN2O3. The lowest BCUT2D eigenvalue weighted by Gasteiger charge is -2.23. The zero-order valence-electron chi connectivity index (χ0n) is 14.5. The zero-order valence-corrected chi connectivity index (χ0v) is 15.2. The maximum Gasteiger partial charge on any atom is 0.240 e. The molecular weight excluding hydrogens is 340 g/mol. The van der Waals surface area contributed by atoms with Crippen LogP contribution in [0, 0.1) is 0 Å². The van der Waals surface area contributed by atoms with Gasteiger partial charge in [0.25, 0.3) is 0 Å². The topological polar surface area (TPSA) is 58.6 Å². The largest absolute Gasteiger partial charge is 0.495 e. The number of methoxy groups -OCH3 is 1. The summed E-state index contributed by atoms with van der Waals surface area (Å²) in [7, 11) is 1.52. The van der Waals surface area contributed by atoms with Gasteiger partial charge in [-0.25, -0.2) is 0 Å². The molecule has 132 valence electrons. The third kappa shape index (κ3) is 4.97. The van der Waals surface area contributed by atoms with Crippen molar-refractivity contribution >= 4 is 29.1 Å². The van der Waals surface area contributed by atoms with E-state index in [-0.39, 0.29) is 24.4 Å². The monoisotopic (exact) mass is 360 g/mol. The molecule has 0 aliphatic rings. The van der Waals surface area contributed by atoms with E-state index in [1.807, 2.05) is 37.3 Å². The average molecular weight is 361 g/mol. The number of hydrogen-bond acceptors (Lipinski definition) is 3. The van der Waals surface area contributed by atoms with Gasteiger partial charge < -0.3 is 15.0 Å². The normalized spacial score (nSPS) is 11.5. The second kappa shape index (κ2) is 8.53. The predicted molar refractivity (Wildman–Crippen MR) is 99.0 cm³/mol. The second-order valence-electron chi connectivity index (χ2n) is 5.62. The van der Waals surface area contributed by atoms with Gasteiger partial charge in [-0.15, -0.1) is 0 Å². The van der Waals surface area contributed by atoms with Crippen molar-refractivity contribution < 1.29 is 14.3 Å². The van der Waals surface area contributed by atoms with Crippen LogP contribution in [-0.4, -0.2) is 25.5 Å². The molecule has 0 heterocycles. The third-order valence-electron chi connectivity index (χ3n) is 3.81. The molecule has 2 rings (SSSR count). The molecule has 2 aromatic rings. The Morgan fingerprint density at radius 1 is 1.20 bits per heavy atom. The number of benzene rings is 2. The van der Waals surface area contributed by atoms with E-state index in [1.165, 1.54) is 18.9 Å². The molecule has 0 aromatic heterocycles. The highest BCUT2D eigenvalue weighted by Gasteiger charge is 2.18. The number of amides is 2. The SMILES string of the molecule is COc1ccc(N(CC(=O)NC(C)c2ccccc2)C(C)=O)cc1Cl. The van der Waals surface area contributed by atoms with Gasteiger partial charge in [0.1, 0.15) is 12.3 Å². The molecule has 25 heavy (non-hydrogen) atoms. The van der Waals surface area contributed by atoms with Gasteiger partial charge in [-0.1, -0.05) is 41.9 Å². The summed E-state index contributed by atoms with van der Waals surface area (Å²) in [5.74, 6) is 0.0123. The van der Waals surface area contributed by atoms with Crippen LogP contribution in [0.3, 0.4) is 0 Å². The van der Waals surface area contributed by atoms with E-state index in [4.69, 9.17) is 16.3 Å². The van der Waals surface area contributed by atoms with Crippen LogP contribution in [-0.2, 0) is 9.59 Å². The minimum atomic E-state index is -0.251. The fourth-order valence-corrected chi connectivity index (χ4v) is 2.72. The molecule has 0 fully saturated rings. The first-order valence-corrected chi connectivity index (χ1v) is 8.26. The Kier molecular flexibility index (Phi) is 6.42. The minimum Gasteiger partial charge on any atom is -0.495 e. The van der Waals surface area contributed by atoms with Crippen LogP contribution in [0.25, 0.3) is 0 Å². The number of carbonyl (C=O) groups excluding carboxylic acids is 2. The van der Waals surface area contributed by atoms with Gasteiger partial charge in [-0.05, 0) is 30.7 Å². The minimum absolute atomic E-state index is 0.0881. The maximum atomic E-state index is 12.4. The summed E-state index contributed by atoms with van der Waals surface area (Å²) >= 11 is 6.12. The quantitative estimate of drug-likeness (QED) is 0.856. The van der Waals surface area contributed by atoms with Gasteiger partial charge >= 0.3 is 0 Å². The summed E-state index contributed by atoms with van der Waals surface area (Å²) in [5.41, 5.74) is 1.54. The smallest absolute Gasteiger partial charge is 0.240 e. The van der Waals surface area contributed by atoms with Gasteiger partial charge in [0.15, 0.2) is 0 Å². The lowest BCUT2D eigenvalue weighted by atomic mass is 10.1. The first-order chi connectivity index (χ1) is 11.9. The van der Waals surface area contributed by atoms with Crippen LogP contribution in [0.4, 0.5) is 5.69 Å². The lowest BCUT2D eigenvalue weighted by molar-refractivity contribution is -0.123. The molecule has 2 aromatic carbocycles. The standard InChI is InChI=1S/C19H21ClN2O3/c1-13(15-7-5-4-6-8-15)21-19(24)12-22(14(2)23)16-9-10-18(25-3)17(20)11-16/h4-11,13H,12H2,1-3H3,(H,21,24). The molecule has 0 aliphatic heterocycles. The Morgan fingerprint density at radius 2 is 1.88 bits per heavy atom. The molecule has 1 atom stereocenters. The molecule has 0 bridgehead atoms. The number of carbonyl (C=O) groups is 2. The number of nitrogens with zero attached hydrogens (tertiary/aromatic N) is 1. The highest BCUT2D eigenvalue weighted by Crippen LogP contribution is 2.29. The lowest BCUT2D eigenvalue weighted by Crippen LogP contribution is -2.40. The van der Waals surface area contributed by atoms with Gasteiger partial charge in [0, 0.05) is 12.6 Å². The van der Waals surface area contributed by atoms with Crippen LogP contribution in [0.1, 0.15) is 25.5 Å². The van der Waals surface area contributed by atoms with Crippen molar-refractivity contribution in [3.63, 3.8) is 0 Å². The van der Waals surface area contributed by atoms with E-state index < -0.39 is 0 Å². The Labute approximate surface area is 152 Å². The summed E-state index contributed by atoms with van der Waals surface area (Å²) in [6.45, 7) is 3.22. The number of rotatable bonds is 6. The van der Waals surface area contributed by atoms with Crippen molar-refractivity contribution in [2.75, 3.05) is 18.6 Å². The third-order valence-corrected chi connectivity index (χ3v) is 4.10. The summed E-state index contributed by atoms with van der Waals surface area (Å²) in [6.07, 6.45) is 0. The molecule has 0 spiro atoms. The van der Waals surface area contributed by atoms with Crippen LogP contribution >= 0.6 is 11.6 Å². The summed E-state index contributed by atoms with van der Waals surface area (Å²) in [5, 5.41) is 3.28. The molecule has 0 aliphatic carbocycles. The van der Waals surface area contributed by atoms with Gasteiger partial charge in [-0.2, -0.15) is 0 Å².